The van der Waals surface area contributed by atoms with Gasteiger partial charge in [-0.05, 0) is 40.2 Å². The highest BCUT2D eigenvalue weighted by Crippen LogP contribution is 2.21. The van der Waals surface area contributed by atoms with Crippen molar-refractivity contribution in [2.24, 2.45) is 0 Å². The maximum Gasteiger partial charge on any atom is 0.141 e. The summed E-state index contributed by atoms with van der Waals surface area (Å²) in [5, 5.41) is 0. The highest BCUT2D eigenvalue weighted by molar-refractivity contribution is 9.10. The van der Waals surface area contributed by atoms with Gasteiger partial charge in [-0.25, -0.2) is 4.39 Å². The lowest BCUT2D eigenvalue weighted by atomic mass is 10.3. The molecule has 1 aromatic carbocycles. The fourth-order valence-electron chi connectivity index (χ4n) is 1.21. The summed E-state index contributed by atoms with van der Waals surface area (Å²) in [6.45, 7) is 0.335. The molecule has 1 heterocycles. The molecule has 2 aromatic rings. The van der Waals surface area contributed by atoms with Gasteiger partial charge in [0.05, 0.1) is 10.2 Å². The quantitative estimate of drug-likeness (QED) is 0.858. The Labute approximate surface area is 101 Å². The van der Waals surface area contributed by atoms with Crippen molar-refractivity contribution >= 4 is 15.9 Å². The van der Waals surface area contributed by atoms with Gasteiger partial charge in [0.1, 0.15) is 18.2 Å². The average molecular weight is 282 g/mol. The molecule has 0 bridgehead atoms. The molecule has 0 aliphatic heterocycles. The Balaban J connectivity index is 2.03. The zero-order valence-electron chi connectivity index (χ0n) is 8.36. The molecule has 0 aliphatic carbocycles. The summed E-state index contributed by atoms with van der Waals surface area (Å²) in [6.07, 6.45) is 1.70. The van der Waals surface area contributed by atoms with Crippen LogP contribution < -0.4 is 4.74 Å². The minimum Gasteiger partial charge on any atom is -0.487 e. The van der Waals surface area contributed by atoms with Gasteiger partial charge in [0.15, 0.2) is 0 Å². The number of aromatic nitrogens is 1. The van der Waals surface area contributed by atoms with Crippen LogP contribution in [0.3, 0.4) is 0 Å². The van der Waals surface area contributed by atoms with E-state index < -0.39 is 0 Å². The van der Waals surface area contributed by atoms with Gasteiger partial charge in [0.2, 0.25) is 0 Å². The Bertz CT molecular complexity index is 476. The lowest BCUT2D eigenvalue weighted by molar-refractivity contribution is 0.299. The van der Waals surface area contributed by atoms with Crippen LogP contribution in [0.4, 0.5) is 4.39 Å². The van der Waals surface area contributed by atoms with Gasteiger partial charge in [0, 0.05) is 12.3 Å². The number of halogens is 2. The van der Waals surface area contributed by atoms with Crippen LogP contribution in [0.15, 0.2) is 47.1 Å². The molecule has 82 valence electrons. The average Bonchev–Trinajstić information content (AvgIpc) is 2.32. The third-order valence-corrected chi connectivity index (χ3v) is 2.65. The fourth-order valence-corrected chi connectivity index (χ4v) is 1.45. The first-order chi connectivity index (χ1) is 7.75. The van der Waals surface area contributed by atoms with Gasteiger partial charge >= 0.3 is 0 Å². The van der Waals surface area contributed by atoms with Crippen LogP contribution in [0.5, 0.6) is 5.75 Å². The van der Waals surface area contributed by atoms with Crippen molar-refractivity contribution in [2.45, 2.75) is 6.61 Å². The summed E-state index contributed by atoms with van der Waals surface area (Å²) < 4.78 is 19.0. The third kappa shape index (κ3) is 2.79. The number of hydrogen-bond donors (Lipinski definition) is 0. The number of pyridine rings is 1. The number of rotatable bonds is 3. The summed E-state index contributed by atoms with van der Waals surface area (Å²) in [5.74, 6) is 0.157. The molecule has 0 atom stereocenters. The van der Waals surface area contributed by atoms with E-state index in [4.69, 9.17) is 4.74 Å². The number of hydrogen-bond acceptors (Lipinski definition) is 2. The summed E-state index contributed by atoms with van der Waals surface area (Å²) >= 11 is 3.08. The van der Waals surface area contributed by atoms with E-state index in [2.05, 4.69) is 20.9 Å². The van der Waals surface area contributed by atoms with E-state index in [0.717, 1.165) is 5.69 Å². The second kappa shape index (κ2) is 5.07. The predicted octanol–water partition coefficient (Wildman–Crippen LogP) is 3.56. The monoisotopic (exact) mass is 281 g/mol. The number of nitrogens with zero attached hydrogens (tertiary/aromatic N) is 1. The van der Waals surface area contributed by atoms with Crippen LogP contribution in [0.2, 0.25) is 0 Å². The van der Waals surface area contributed by atoms with Gasteiger partial charge in [-0.2, -0.15) is 0 Å². The van der Waals surface area contributed by atoms with Crippen LogP contribution in [-0.2, 0) is 6.61 Å². The first kappa shape index (κ1) is 11.1. The molecule has 16 heavy (non-hydrogen) atoms. The van der Waals surface area contributed by atoms with Crippen LogP contribution in [0, 0.1) is 5.82 Å². The van der Waals surface area contributed by atoms with E-state index in [1.165, 1.54) is 6.07 Å². The predicted molar refractivity (Wildman–Crippen MR) is 62.7 cm³/mol. The van der Waals surface area contributed by atoms with Gasteiger partial charge in [-0.1, -0.05) is 6.07 Å². The Kier molecular flexibility index (Phi) is 3.51. The molecule has 0 amide bonds. The van der Waals surface area contributed by atoms with Crippen molar-refractivity contribution in [1.29, 1.82) is 0 Å². The molecule has 0 spiro atoms. The van der Waals surface area contributed by atoms with Gasteiger partial charge in [-0.15, -0.1) is 0 Å². The van der Waals surface area contributed by atoms with Crippen LogP contribution in [0.25, 0.3) is 0 Å². The first-order valence-electron chi connectivity index (χ1n) is 4.73. The topological polar surface area (TPSA) is 22.1 Å². The minimum atomic E-state index is -0.335. The van der Waals surface area contributed by atoms with Crippen LogP contribution in [0.1, 0.15) is 5.69 Å². The first-order valence-corrected chi connectivity index (χ1v) is 5.53. The van der Waals surface area contributed by atoms with E-state index in [9.17, 15) is 4.39 Å². The Morgan fingerprint density at radius 1 is 1.25 bits per heavy atom. The fraction of sp³-hybridized carbons (Fsp3) is 0.0833. The molecule has 0 N–H and O–H groups in total. The molecular weight excluding hydrogens is 273 g/mol. The van der Waals surface area contributed by atoms with Crippen molar-refractivity contribution in [2.75, 3.05) is 0 Å². The molecule has 2 rings (SSSR count). The van der Waals surface area contributed by atoms with Crippen molar-refractivity contribution < 1.29 is 9.13 Å². The molecule has 2 nitrogen and oxygen atoms in total. The largest absolute Gasteiger partial charge is 0.487 e. The number of benzene rings is 1. The third-order valence-electron chi connectivity index (χ3n) is 2.00. The highest BCUT2D eigenvalue weighted by atomic mass is 79.9. The van der Waals surface area contributed by atoms with Crippen molar-refractivity contribution in [3.63, 3.8) is 0 Å². The Hall–Kier alpha value is -1.42. The normalized spacial score (nSPS) is 10.1. The van der Waals surface area contributed by atoms with E-state index in [-0.39, 0.29) is 5.82 Å². The van der Waals surface area contributed by atoms with Crippen LogP contribution in [-0.4, -0.2) is 4.98 Å². The van der Waals surface area contributed by atoms with Gasteiger partial charge in [0.25, 0.3) is 0 Å². The molecule has 0 unspecified atom stereocenters. The van der Waals surface area contributed by atoms with Crippen LogP contribution >= 0.6 is 15.9 Å². The highest BCUT2D eigenvalue weighted by Gasteiger charge is 2.01. The summed E-state index contributed by atoms with van der Waals surface area (Å²) in [6, 6.07) is 10.2. The van der Waals surface area contributed by atoms with Gasteiger partial charge < -0.3 is 4.74 Å². The Morgan fingerprint density at radius 3 is 2.81 bits per heavy atom. The Morgan fingerprint density at radius 2 is 2.12 bits per heavy atom. The SMILES string of the molecule is Fc1cc(OCc2ccccn2)ccc1Br. The summed E-state index contributed by atoms with van der Waals surface area (Å²) in [4.78, 5) is 4.11. The van der Waals surface area contributed by atoms with Crippen molar-refractivity contribution in [3.8, 4) is 5.75 Å². The molecule has 1 aromatic heterocycles. The van der Waals surface area contributed by atoms with Crippen molar-refractivity contribution in [3.05, 3.63) is 58.6 Å². The van der Waals surface area contributed by atoms with E-state index in [1.54, 1.807) is 18.3 Å². The van der Waals surface area contributed by atoms with E-state index >= 15 is 0 Å². The molecule has 4 heteroatoms. The molecule has 0 saturated heterocycles. The van der Waals surface area contributed by atoms with Crippen molar-refractivity contribution in [1.82, 2.24) is 4.98 Å². The molecule has 0 saturated carbocycles. The smallest absolute Gasteiger partial charge is 0.141 e. The number of ether oxygens (including phenoxy) is 1. The molecule has 0 radical (unpaired) electrons. The zero-order valence-corrected chi connectivity index (χ0v) is 9.95. The molecule has 0 aliphatic rings. The second-order valence-corrected chi connectivity index (χ2v) is 4.04. The molecule has 0 fully saturated rings. The minimum absolute atomic E-state index is 0.335. The zero-order chi connectivity index (χ0) is 11.4. The summed E-state index contributed by atoms with van der Waals surface area (Å²) in [7, 11) is 0. The lowest BCUT2D eigenvalue weighted by Crippen LogP contribution is -1.97. The summed E-state index contributed by atoms with van der Waals surface area (Å²) in [5.41, 5.74) is 0.811. The molecular formula is C12H9BrFNO. The standard InChI is InChI=1S/C12H9BrFNO/c13-11-5-4-10(7-12(11)14)16-8-9-3-1-2-6-15-9/h1-7H,8H2. The lowest BCUT2D eigenvalue weighted by Gasteiger charge is -2.05. The second-order valence-electron chi connectivity index (χ2n) is 3.19. The maximum absolute atomic E-state index is 13.2. The van der Waals surface area contributed by atoms with E-state index in [0.29, 0.717) is 16.8 Å². The van der Waals surface area contributed by atoms with E-state index in [1.807, 2.05) is 18.2 Å². The maximum atomic E-state index is 13.2. The van der Waals surface area contributed by atoms with Gasteiger partial charge in [-0.3, -0.25) is 4.98 Å².